The molecule has 33 heavy (non-hydrogen) atoms. The van der Waals surface area contributed by atoms with Gasteiger partial charge in [-0.25, -0.2) is 18.1 Å². The molecule has 1 amide bonds. The number of nitrogens with one attached hydrogen (secondary N) is 2. The number of anilines is 1. The minimum atomic E-state index is -3.62. The minimum Gasteiger partial charge on any atom is -0.378 e. The molecule has 0 radical (unpaired) electrons. The minimum absolute atomic E-state index is 0.134. The molecule has 3 aromatic rings. The molecule has 1 aromatic carbocycles. The number of benzene rings is 1. The fourth-order valence-electron chi connectivity index (χ4n) is 3.45. The fourth-order valence-corrected chi connectivity index (χ4v) is 5.19. The average molecular weight is 487 g/mol. The first-order valence-electron chi connectivity index (χ1n) is 10.7. The van der Waals surface area contributed by atoms with Crippen molar-refractivity contribution in [3.05, 3.63) is 76.1 Å². The molecular weight excluding hydrogens is 460 g/mol. The van der Waals surface area contributed by atoms with Crippen molar-refractivity contribution in [2.45, 2.75) is 17.9 Å². The maximum Gasteiger partial charge on any atom is 0.251 e. The molecule has 4 rings (SSSR count). The number of carbonyl (C=O) groups excluding carboxylic acids is 1. The monoisotopic (exact) mass is 486 g/mol. The molecule has 2 aromatic heterocycles. The number of rotatable bonds is 9. The smallest absolute Gasteiger partial charge is 0.251 e. The molecule has 0 bridgehead atoms. The van der Waals surface area contributed by atoms with Crippen LogP contribution in [0.4, 0.5) is 5.82 Å². The summed E-state index contributed by atoms with van der Waals surface area (Å²) in [5.74, 6) is 0.598. The third-order valence-electron chi connectivity index (χ3n) is 5.27. The Hall–Kier alpha value is -2.79. The van der Waals surface area contributed by atoms with E-state index in [4.69, 9.17) is 4.74 Å². The van der Waals surface area contributed by atoms with Crippen molar-refractivity contribution in [1.29, 1.82) is 0 Å². The number of nitrogens with zero attached hydrogens (tertiary/aromatic N) is 2. The Bertz CT molecular complexity index is 1160. The number of pyridine rings is 1. The Morgan fingerprint density at radius 1 is 1.12 bits per heavy atom. The molecule has 0 spiro atoms. The number of amides is 1. The molecule has 1 aliphatic heterocycles. The summed E-state index contributed by atoms with van der Waals surface area (Å²) >= 11 is 1.60. The van der Waals surface area contributed by atoms with Crippen LogP contribution in [0.15, 0.2) is 65.0 Å². The van der Waals surface area contributed by atoms with Crippen LogP contribution in [-0.4, -0.2) is 52.2 Å². The summed E-state index contributed by atoms with van der Waals surface area (Å²) in [6.07, 6.45) is 2.37. The van der Waals surface area contributed by atoms with Gasteiger partial charge in [0.15, 0.2) is 0 Å². The first-order chi connectivity index (χ1) is 16.0. The van der Waals surface area contributed by atoms with Gasteiger partial charge < -0.3 is 15.0 Å². The van der Waals surface area contributed by atoms with E-state index in [2.05, 4.69) is 19.9 Å². The van der Waals surface area contributed by atoms with Crippen LogP contribution < -0.4 is 14.9 Å². The van der Waals surface area contributed by atoms with Crippen molar-refractivity contribution in [3.63, 3.8) is 0 Å². The van der Waals surface area contributed by atoms with E-state index in [1.165, 1.54) is 24.3 Å². The van der Waals surface area contributed by atoms with Crippen LogP contribution in [0.3, 0.4) is 0 Å². The van der Waals surface area contributed by atoms with Gasteiger partial charge in [0.25, 0.3) is 5.91 Å². The zero-order chi connectivity index (χ0) is 23.1. The number of sulfonamides is 1. The Morgan fingerprint density at radius 2 is 1.91 bits per heavy atom. The van der Waals surface area contributed by atoms with Gasteiger partial charge in [0, 0.05) is 42.8 Å². The Morgan fingerprint density at radius 3 is 2.64 bits per heavy atom. The fraction of sp³-hybridized carbons (Fsp3) is 0.304. The van der Waals surface area contributed by atoms with E-state index in [0.29, 0.717) is 38.3 Å². The lowest BCUT2D eigenvalue weighted by Gasteiger charge is -2.28. The van der Waals surface area contributed by atoms with E-state index >= 15 is 0 Å². The van der Waals surface area contributed by atoms with E-state index in [9.17, 15) is 13.2 Å². The van der Waals surface area contributed by atoms with Crippen molar-refractivity contribution in [3.8, 4) is 0 Å². The highest BCUT2D eigenvalue weighted by atomic mass is 32.2. The third kappa shape index (κ3) is 6.38. The number of thiophene rings is 1. The predicted molar refractivity (Wildman–Crippen MR) is 128 cm³/mol. The first-order valence-corrected chi connectivity index (χ1v) is 13.1. The Balaban J connectivity index is 1.31. The molecule has 8 nitrogen and oxygen atoms in total. The quantitative estimate of drug-likeness (QED) is 0.482. The van der Waals surface area contributed by atoms with Gasteiger partial charge in [0.05, 0.1) is 18.1 Å². The van der Waals surface area contributed by atoms with Crippen LogP contribution in [0.2, 0.25) is 0 Å². The van der Waals surface area contributed by atoms with Gasteiger partial charge in [-0.15, -0.1) is 11.3 Å². The molecule has 2 N–H and O–H groups in total. The van der Waals surface area contributed by atoms with Gasteiger partial charge in [-0.1, -0.05) is 6.07 Å². The molecule has 1 aliphatic rings. The summed E-state index contributed by atoms with van der Waals surface area (Å²) in [4.78, 5) is 20.4. The van der Waals surface area contributed by atoms with E-state index in [0.717, 1.165) is 29.3 Å². The zero-order valence-corrected chi connectivity index (χ0v) is 19.7. The number of aromatic nitrogens is 1. The molecule has 0 unspecified atom stereocenters. The zero-order valence-electron chi connectivity index (χ0n) is 18.1. The summed E-state index contributed by atoms with van der Waals surface area (Å²) in [7, 11) is -3.62. The van der Waals surface area contributed by atoms with Gasteiger partial charge in [-0.2, -0.15) is 0 Å². The van der Waals surface area contributed by atoms with Crippen molar-refractivity contribution in [1.82, 2.24) is 15.0 Å². The highest BCUT2D eigenvalue weighted by molar-refractivity contribution is 7.89. The van der Waals surface area contributed by atoms with Gasteiger partial charge >= 0.3 is 0 Å². The molecule has 3 heterocycles. The van der Waals surface area contributed by atoms with Gasteiger partial charge in [-0.05, 0) is 59.8 Å². The highest BCUT2D eigenvalue weighted by Crippen LogP contribution is 2.15. The molecule has 174 valence electrons. The Kier molecular flexibility index (Phi) is 7.71. The van der Waals surface area contributed by atoms with E-state index < -0.39 is 10.0 Å². The van der Waals surface area contributed by atoms with Crippen molar-refractivity contribution in [2.24, 2.45) is 0 Å². The van der Waals surface area contributed by atoms with Crippen LogP contribution in [0.1, 0.15) is 20.8 Å². The summed E-state index contributed by atoms with van der Waals surface area (Å²) in [6, 6.07) is 13.7. The number of ether oxygens (including phenoxy) is 1. The van der Waals surface area contributed by atoms with Gasteiger partial charge in [-0.3, -0.25) is 4.79 Å². The van der Waals surface area contributed by atoms with Gasteiger partial charge in [0.2, 0.25) is 10.0 Å². The van der Waals surface area contributed by atoms with Crippen molar-refractivity contribution >= 4 is 33.1 Å². The van der Waals surface area contributed by atoms with Crippen molar-refractivity contribution in [2.75, 3.05) is 37.7 Å². The molecular formula is C23H26N4O4S2. The largest absolute Gasteiger partial charge is 0.378 e. The van der Waals surface area contributed by atoms with Crippen LogP contribution in [-0.2, 0) is 27.7 Å². The number of carbonyl (C=O) groups is 1. The Labute approximate surface area is 197 Å². The summed E-state index contributed by atoms with van der Waals surface area (Å²) in [6.45, 7) is 3.62. The number of morpholine rings is 1. The summed E-state index contributed by atoms with van der Waals surface area (Å²) in [5.41, 5.74) is 1.34. The maximum atomic E-state index is 12.6. The number of hydrogen-bond donors (Lipinski definition) is 2. The molecule has 10 heteroatoms. The molecule has 1 saturated heterocycles. The topological polar surface area (TPSA) is 101 Å². The van der Waals surface area contributed by atoms with E-state index in [1.54, 1.807) is 17.5 Å². The van der Waals surface area contributed by atoms with Crippen LogP contribution >= 0.6 is 11.3 Å². The summed E-state index contributed by atoms with van der Waals surface area (Å²) in [5, 5.41) is 4.84. The van der Waals surface area contributed by atoms with E-state index in [-0.39, 0.29) is 10.8 Å². The molecule has 0 atom stereocenters. The lowest BCUT2D eigenvalue weighted by atomic mass is 10.2. The molecule has 0 saturated carbocycles. The second kappa shape index (κ2) is 10.9. The first kappa shape index (κ1) is 23.4. The average Bonchev–Trinajstić information content (AvgIpc) is 3.37. The van der Waals surface area contributed by atoms with Crippen LogP contribution in [0.5, 0.6) is 0 Å². The molecule has 1 fully saturated rings. The second-order valence-electron chi connectivity index (χ2n) is 7.56. The predicted octanol–water partition coefficient (Wildman–Crippen LogP) is 2.43. The SMILES string of the molecule is O=C(NCc1ccnc(N2CCOCC2)c1)c1ccc(S(=O)(=O)NCCc2cccs2)cc1. The molecule has 0 aliphatic carbocycles. The number of hydrogen-bond acceptors (Lipinski definition) is 7. The standard InChI is InChI=1S/C23H26N4O4S2/c28-23(25-17-18-7-9-24-22(16-18)27-11-13-31-14-12-27)19-3-5-21(6-4-19)33(29,30)26-10-8-20-2-1-15-32-20/h1-7,9,15-16,26H,8,10-14,17H2,(H,25,28). The normalized spacial score (nSPS) is 14.2. The summed E-state index contributed by atoms with van der Waals surface area (Å²) < 4.78 is 33.0. The lowest BCUT2D eigenvalue weighted by Crippen LogP contribution is -2.36. The van der Waals surface area contributed by atoms with Crippen LogP contribution in [0.25, 0.3) is 0 Å². The van der Waals surface area contributed by atoms with Crippen molar-refractivity contribution < 1.29 is 17.9 Å². The van der Waals surface area contributed by atoms with Gasteiger partial charge in [0.1, 0.15) is 5.82 Å². The highest BCUT2D eigenvalue weighted by Gasteiger charge is 2.15. The lowest BCUT2D eigenvalue weighted by molar-refractivity contribution is 0.0951. The second-order valence-corrected chi connectivity index (χ2v) is 10.4. The van der Waals surface area contributed by atoms with E-state index in [1.807, 2.05) is 29.6 Å². The third-order valence-corrected chi connectivity index (χ3v) is 7.68. The maximum absolute atomic E-state index is 12.6. The van der Waals surface area contributed by atoms with Crippen LogP contribution in [0, 0.1) is 0 Å².